The average molecular weight is 615 g/mol. The normalized spacial score (nSPS) is 18.7. The predicted molar refractivity (Wildman–Crippen MR) is 167 cm³/mol. The van der Waals surface area contributed by atoms with Crippen LogP contribution in [0.2, 0.25) is 0 Å². The number of alkyl carbamates (subject to hydrolysis) is 1. The SMILES string of the molecule is CC[C@H](C)[C@H](NC(=O)[C@@H]1CCCN1[P@@](=O)(OC)[C@@H](Cc1ccccc1)NC(=O)OCc1ccccc1)C(=O)NCC(C)C. The lowest BCUT2D eigenvalue weighted by molar-refractivity contribution is -0.132. The molecule has 43 heavy (non-hydrogen) atoms. The number of ether oxygens (including phenoxy) is 1. The molecular weight excluding hydrogens is 567 g/mol. The highest BCUT2D eigenvalue weighted by atomic mass is 31.2. The van der Waals surface area contributed by atoms with Gasteiger partial charge in [0.1, 0.15) is 18.4 Å². The summed E-state index contributed by atoms with van der Waals surface area (Å²) in [4.78, 5) is 39.8. The maximum absolute atomic E-state index is 14.8. The molecule has 1 fully saturated rings. The van der Waals surface area contributed by atoms with Crippen molar-refractivity contribution in [1.29, 1.82) is 0 Å². The van der Waals surface area contributed by atoms with E-state index in [4.69, 9.17) is 9.26 Å². The highest BCUT2D eigenvalue weighted by molar-refractivity contribution is 7.57. The van der Waals surface area contributed by atoms with Gasteiger partial charge in [-0.2, -0.15) is 0 Å². The van der Waals surface area contributed by atoms with E-state index in [1.165, 1.54) is 7.11 Å². The van der Waals surface area contributed by atoms with Gasteiger partial charge in [-0.25, -0.2) is 9.46 Å². The van der Waals surface area contributed by atoms with E-state index in [9.17, 15) is 18.9 Å². The third-order valence-electron chi connectivity index (χ3n) is 7.79. The standard InChI is InChI=1S/C32H47N4O6P/c1-6-24(4)29(31(38)33-21-23(2)3)35-30(37)27-18-13-19-36(27)43(40,41-5)28(20-25-14-9-7-10-15-25)34-32(39)42-22-26-16-11-8-12-17-26/h7-12,14-17,23-24,27-29H,6,13,18-22H2,1-5H3,(H,33,38)(H,34,39)(H,35,37)/t24-,27-,28-,29-,43-/m0/s1. The van der Waals surface area contributed by atoms with Gasteiger partial charge in [0.2, 0.25) is 11.8 Å². The number of carbonyl (C=O) groups is 3. The molecule has 3 amide bonds. The summed E-state index contributed by atoms with van der Waals surface area (Å²) in [5, 5.41) is 8.67. The van der Waals surface area contributed by atoms with E-state index in [1.807, 2.05) is 88.4 Å². The van der Waals surface area contributed by atoms with Crippen molar-refractivity contribution in [3.8, 4) is 0 Å². The number of rotatable bonds is 15. The average Bonchev–Trinajstić information content (AvgIpc) is 3.52. The molecule has 5 atom stereocenters. The molecule has 1 aliphatic rings. The minimum Gasteiger partial charge on any atom is -0.445 e. The third-order valence-corrected chi connectivity index (χ3v) is 10.6. The first-order chi connectivity index (χ1) is 20.6. The molecule has 2 aromatic rings. The van der Waals surface area contributed by atoms with Crippen molar-refractivity contribution in [1.82, 2.24) is 20.6 Å². The number of hydrogen-bond acceptors (Lipinski definition) is 6. The molecule has 10 nitrogen and oxygen atoms in total. The topological polar surface area (TPSA) is 126 Å². The zero-order valence-electron chi connectivity index (χ0n) is 26.0. The number of carbonyl (C=O) groups excluding carboxylic acids is 3. The van der Waals surface area contributed by atoms with Gasteiger partial charge in [-0.1, -0.05) is 94.8 Å². The van der Waals surface area contributed by atoms with E-state index in [0.717, 1.165) is 11.1 Å². The Kier molecular flexibility index (Phi) is 13.2. The summed E-state index contributed by atoms with van der Waals surface area (Å²) in [6.45, 7) is 8.80. The molecule has 0 saturated carbocycles. The van der Waals surface area contributed by atoms with Crippen molar-refractivity contribution >= 4 is 25.4 Å². The molecule has 0 bridgehead atoms. The summed E-state index contributed by atoms with van der Waals surface area (Å²) in [5.74, 6) is -1.45. The molecule has 0 aromatic heterocycles. The van der Waals surface area contributed by atoms with Gasteiger partial charge < -0.3 is 25.2 Å². The Morgan fingerprint density at radius 2 is 1.60 bits per heavy atom. The van der Waals surface area contributed by atoms with Gasteiger partial charge in [-0.15, -0.1) is 0 Å². The summed E-state index contributed by atoms with van der Waals surface area (Å²) in [6.07, 6.45) is 1.20. The number of hydrogen-bond donors (Lipinski definition) is 3. The molecule has 3 N–H and O–H groups in total. The molecule has 0 spiro atoms. The summed E-state index contributed by atoms with van der Waals surface area (Å²) < 4.78 is 27.6. The van der Waals surface area contributed by atoms with Crippen LogP contribution in [0, 0.1) is 11.8 Å². The fraction of sp³-hybridized carbons (Fsp3) is 0.531. The zero-order valence-corrected chi connectivity index (χ0v) is 26.8. The number of amides is 3. The van der Waals surface area contributed by atoms with E-state index in [0.29, 0.717) is 32.4 Å². The van der Waals surface area contributed by atoms with E-state index >= 15 is 0 Å². The quantitative estimate of drug-likeness (QED) is 0.239. The van der Waals surface area contributed by atoms with E-state index in [-0.39, 0.29) is 36.7 Å². The first-order valence-corrected chi connectivity index (χ1v) is 16.8. The minimum absolute atomic E-state index is 0.0482. The maximum Gasteiger partial charge on any atom is 0.408 e. The van der Waals surface area contributed by atoms with Crippen LogP contribution >= 0.6 is 7.52 Å². The third kappa shape index (κ3) is 9.65. The molecule has 236 valence electrons. The lowest BCUT2D eigenvalue weighted by atomic mass is 9.97. The van der Waals surface area contributed by atoms with Crippen molar-refractivity contribution in [2.24, 2.45) is 11.8 Å². The second-order valence-electron chi connectivity index (χ2n) is 11.5. The van der Waals surface area contributed by atoms with Crippen molar-refractivity contribution < 1.29 is 28.2 Å². The van der Waals surface area contributed by atoms with Crippen LogP contribution in [0.1, 0.15) is 58.1 Å². The van der Waals surface area contributed by atoms with Crippen LogP contribution in [-0.2, 0) is 36.4 Å². The van der Waals surface area contributed by atoms with Crippen molar-refractivity contribution in [3.05, 3.63) is 71.8 Å². The molecule has 0 aliphatic carbocycles. The van der Waals surface area contributed by atoms with E-state index < -0.39 is 31.5 Å². The fourth-order valence-electron chi connectivity index (χ4n) is 5.11. The molecule has 11 heteroatoms. The Morgan fingerprint density at radius 3 is 2.19 bits per heavy atom. The van der Waals surface area contributed by atoms with E-state index in [1.54, 1.807) is 4.67 Å². The van der Waals surface area contributed by atoms with Gasteiger partial charge >= 0.3 is 6.09 Å². The molecule has 1 aliphatic heterocycles. The van der Waals surface area contributed by atoms with Crippen LogP contribution in [0.3, 0.4) is 0 Å². The molecule has 1 heterocycles. The van der Waals surface area contributed by atoms with Gasteiger partial charge in [-0.3, -0.25) is 14.2 Å². The first-order valence-electron chi connectivity index (χ1n) is 15.1. The highest BCUT2D eigenvalue weighted by Gasteiger charge is 2.48. The van der Waals surface area contributed by atoms with Crippen LogP contribution in [0.4, 0.5) is 4.79 Å². The van der Waals surface area contributed by atoms with Crippen LogP contribution in [0.15, 0.2) is 60.7 Å². The van der Waals surface area contributed by atoms with Crippen molar-refractivity contribution in [2.45, 2.75) is 77.9 Å². The first kappa shape index (κ1) is 34.3. The molecule has 0 unspecified atom stereocenters. The molecule has 1 saturated heterocycles. The summed E-state index contributed by atoms with van der Waals surface area (Å²) >= 11 is 0. The summed E-state index contributed by atoms with van der Waals surface area (Å²) in [6, 6.07) is 17.1. The van der Waals surface area contributed by atoms with E-state index in [2.05, 4.69) is 16.0 Å². The van der Waals surface area contributed by atoms with Crippen LogP contribution in [0.5, 0.6) is 0 Å². The summed E-state index contributed by atoms with van der Waals surface area (Å²) in [5.41, 5.74) is 1.66. The van der Waals surface area contributed by atoms with Crippen molar-refractivity contribution in [3.63, 3.8) is 0 Å². The Labute approximate surface area is 255 Å². The Hall–Kier alpha value is -3.20. The maximum atomic E-state index is 14.8. The second kappa shape index (κ2) is 16.6. The van der Waals surface area contributed by atoms with Gasteiger partial charge in [0.25, 0.3) is 7.52 Å². The van der Waals surface area contributed by atoms with Gasteiger partial charge in [-0.05, 0) is 35.8 Å². The number of benzene rings is 2. The second-order valence-corrected chi connectivity index (χ2v) is 14.1. The molecule has 0 radical (unpaired) electrons. The number of nitrogens with zero attached hydrogens (tertiary/aromatic N) is 1. The molecular formula is C32H47N4O6P. The minimum atomic E-state index is -3.85. The zero-order chi connectivity index (χ0) is 31.4. The molecule has 3 rings (SSSR count). The lowest BCUT2D eigenvalue weighted by Gasteiger charge is -2.36. The lowest BCUT2D eigenvalue weighted by Crippen LogP contribution is -2.55. The van der Waals surface area contributed by atoms with Gasteiger partial charge in [0, 0.05) is 26.6 Å². The van der Waals surface area contributed by atoms with Crippen LogP contribution < -0.4 is 16.0 Å². The molecule has 2 aromatic carbocycles. The fourth-order valence-corrected chi connectivity index (χ4v) is 7.68. The Balaban J connectivity index is 1.83. The predicted octanol–water partition coefficient (Wildman–Crippen LogP) is 5.09. The van der Waals surface area contributed by atoms with Gasteiger partial charge in [0.05, 0.1) is 6.04 Å². The Bertz CT molecular complexity index is 1230. The summed E-state index contributed by atoms with van der Waals surface area (Å²) in [7, 11) is -2.51. The monoisotopic (exact) mass is 614 g/mol. The Morgan fingerprint density at radius 1 is 0.977 bits per heavy atom. The van der Waals surface area contributed by atoms with Gasteiger partial charge in [0.15, 0.2) is 0 Å². The largest absolute Gasteiger partial charge is 0.445 e. The smallest absolute Gasteiger partial charge is 0.408 e. The van der Waals surface area contributed by atoms with Crippen LogP contribution in [0.25, 0.3) is 0 Å². The highest BCUT2D eigenvalue weighted by Crippen LogP contribution is 2.57. The number of nitrogens with one attached hydrogen (secondary N) is 3. The van der Waals surface area contributed by atoms with Crippen LogP contribution in [-0.4, -0.2) is 60.6 Å². The van der Waals surface area contributed by atoms with Crippen molar-refractivity contribution in [2.75, 3.05) is 20.2 Å².